The number of nitrogens with one attached hydrogen (secondary N) is 1. The zero-order valence-electron chi connectivity index (χ0n) is 7.58. The summed E-state index contributed by atoms with van der Waals surface area (Å²) in [6, 6.07) is 4.76. The molecule has 2 N–H and O–H groups in total. The van der Waals surface area contributed by atoms with E-state index in [4.69, 9.17) is 17.3 Å². The highest BCUT2D eigenvalue weighted by atomic mass is 32.2. The van der Waals surface area contributed by atoms with Crippen molar-refractivity contribution in [3.63, 3.8) is 0 Å². The lowest BCUT2D eigenvalue weighted by molar-refractivity contribution is -0.138. The van der Waals surface area contributed by atoms with Gasteiger partial charge >= 0.3 is 5.97 Å². The molecule has 1 fully saturated rings. The molecular formula is C9H8N2O2S2. The van der Waals surface area contributed by atoms with Gasteiger partial charge in [-0.2, -0.15) is 0 Å². The van der Waals surface area contributed by atoms with Crippen LogP contribution in [0.3, 0.4) is 0 Å². The second-order valence-corrected chi connectivity index (χ2v) is 4.86. The molecule has 1 aromatic heterocycles. The molecule has 0 spiro atoms. The number of carboxylic acid groups (broad SMARTS) is 1. The summed E-state index contributed by atoms with van der Waals surface area (Å²) in [4.78, 5) is 15.1. The molecule has 0 saturated carbocycles. The van der Waals surface area contributed by atoms with Gasteiger partial charge in [-0.3, -0.25) is 4.98 Å². The van der Waals surface area contributed by atoms with Gasteiger partial charge in [0.25, 0.3) is 0 Å². The third kappa shape index (κ3) is 2.10. The lowest BCUT2D eigenvalue weighted by Crippen LogP contribution is -2.35. The molecule has 0 bridgehead atoms. The van der Waals surface area contributed by atoms with E-state index in [1.165, 1.54) is 11.8 Å². The van der Waals surface area contributed by atoms with Crippen molar-refractivity contribution in [2.45, 2.75) is 11.3 Å². The Morgan fingerprint density at radius 2 is 2.40 bits per heavy atom. The Hall–Kier alpha value is -1.14. The summed E-state index contributed by atoms with van der Waals surface area (Å²) in [5.74, 6) is -0.905. The predicted molar refractivity (Wildman–Crippen MR) is 61.7 cm³/mol. The molecule has 2 rings (SSSR count). The zero-order chi connectivity index (χ0) is 10.8. The van der Waals surface area contributed by atoms with E-state index >= 15 is 0 Å². The lowest BCUT2D eigenvalue weighted by Gasteiger charge is -2.12. The summed E-state index contributed by atoms with van der Waals surface area (Å²) in [6.07, 6.45) is 1.65. The van der Waals surface area contributed by atoms with Crippen LogP contribution < -0.4 is 5.32 Å². The number of carboxylic acids is 1. The van der Waals surface area contributed by atoms with Crippen LogP contribution in [0, 0.1) is 0 Å². The maximum absolute atomic E-state index is 11.0. The van der Waals surface area contributed by atoms with Gasteiger partial charge in [0, 0.05) is 6.20 Å². The van der Waals surface area contributed by atoms with Gasteiger partial charge in [0.2, 0.25) is 0 Å². The molecular weight excluding hydrogens is 232 g/mol. The molecule has 2 heterocycles. The predicted octanol–water partition coefficient (Wildman–Crippen LogP) is 1.20. The number of thioether (sulfide) groups is 1. The van der Waals surface area contributed by atoms with Crippen LogP contribution in [0.5, 0.6) is 0 Å². The molecule has 0 radical (unpaired) electrons. The van der Waals surface area contributed by atoms with Crippen molar-refractivity contribution in [2.24, 2.45) is 0 Å². The number of hydrogen-bond acceptors (Lipinski definition) is 4. The van der Waals surface area contributed by atoms with Gasteiger partial charge in [-0.15, -0.1) is 0 Å². The molecule has 2 unspecified atom stereocenters. The second-order valence-electron chi connectivity index (χ2n) is 3.04. The van der Waals surface area contributed by atoms with Gasteiger partial charge in [0.15, 0.2) is 0 Å². The first-order valence-electron chi connectivity index (χ1n) is 4.29. The molecule has 0 aromatic carbocycles. The van der Waals surface area contributed by atoms with Gasteiger partial charge in [-0.05, 0) is 12.1 Å². The van der Waals surface area contributed by atoms with Crippen LogP contribution in [-0.2, 0) is 4.79 Å². The normalized spacial score (nSPS) is 24.9. The summed E-state index contributed by atoms with van der Waals surface area (Å²) in [5, 5.41) is 11.5. The number of rotatable bonds is 2. The van der Waals surface area contributed by atoms with Crippen molar-refractivity contribution >= 4 is 34.3 Å². The van der Waals surface area contributed by atoms with Gasteiger partial charge in [-0.25, -0.2) is 4.79 Å². The molecule has 2 atom stereocenters. The van der Waals surface area contributed by atoms with E-state index in [0.717, 1.165) is 5.69 Å². The molecule has 6 heteroatoms. The molecule has 1 aromatic rings. The molecule has 4 nitrogen and oxygen atoms in total. The van der Waals surface area contributed by atoms with Crippen LogP contribution in [0.25, 0.3) is 0 Å². The fourth-order valence-corrected chi connectivity index (χ4v) is 2.83. The van der Waals surface area contributed by atoms with Crippen molar-refractivity contribution < 1.29 is 9.90 Å². The topological polar surface area (TPSA) is 62.2 Å². The Kier molecular flexibility index (Phi) is 2.88. The van der Waals surface area contributed by atoms with E-state index in [2.05, 4.69) is 10.3 Å². The van der Waals surface area contributed by atoms with E-state index in [0.29, 0.717) is 4.32 Å². The summed E-state index contributed by atoms with van der Waals surface area (Å²) < 4.78 is 0.512. The van der Waals surface area contributed by atoms with Crippen molar-refractivity contribution in [1.29, 1.82) is 0 Å². The van der Waals surface area contributed by atoms with E-state index in [9.17, 15) is 4.79 Å². The number of carbonyl (C=O) groups is 1. The molecule has 1 aliphatic heterocycles. The summed E-state index contributed by atoms with van der Waals surface area (Å²) in [5.41, 5.74) is 0.738. The Balaban J connectivity index is 2.28. The van der Waals surface area contributed by atoms with Crippen LogP contribution in [0.15, 0.2) is 24.4 Å². The highest BCUT2D eigenvalue weighted by molar-refractivity contribution is 8.23. The molecule has 0 aliphatic carbocycles. The second kappa shape index (κ2) is 4.16. The van der Waals surface area contributed by atoms with Crippen molar-refractivity contribution in [2.75, 3.05) is 0 Å². The van der Waals surface area contributed by atoms with Gasteiger partial charge < -0.3 is 10.4 Å². The summed E-state index contributed by atoms with van der Waals surface area (Å²) in [7, 11) is 0. The van der Waals surface area contributed by atoms with E-state index in [-0.39, 0.29) is 5.25 Å². The SMILES string of the molecule is O=C(O)C1NC(=S)SC1c1ccccn1. The number of hydrogen-bond donors (Lipinski definition) is 2. The van der Waals surface area contributed by atoms with Crippen LogP contribution in [0.2, 0.25) is 0 Å². The Labute approximate surface area is 96.1 Å². The number of aromatic nitrogens is 1. The molecule has 1 aliphatic rings. The average Bonchev–Trinajstić information content (AvgIpc) is 2.62. The van der Waals surface area contributed by atoms with Crippen LogP contribution in [0.1, 0.15) is 10.9 Å². The number of pyridine rings is 1. The van der Waals surface area contributed by atoms with Crippen molar-refractivity contribution in [1.82, 2.24) is 10.3 Å². The summed E-state index contributed by atoms with van der Waals surface area (Å²) in [6.45, 7) is 0. The minimum atomic E-state index is -0.905. The lowest BCUT2D eigenvalue weighted by atomic mass is 10.1. The van der Waals surface area contributed by atoms with Crippen molar-refractivity contribution in [3.05, 3.63) is 30.1 Å². The minimum Gasteiger partial charge on any atom is -0.480 e. The Bertz CT molecular complexity index is 396. The van der Waals surface area contributed by atoms with E-state index < -0.39 is 12.0 Å². The fraction of sp³-hybridized carbons (Fsp3) is 0.222. The highest BCUT2D eigenvalue weighted by Gasteiger charge is 2.38. The van der Waals surface area contributed by atoms with Crippen LogP contribution >= 0.6 is 24.0 Å². The monoisotopic (exact) mass is 240 g/mol. The third-order valence-corrected chi connectivity index (χ3v) is 3.56. The van der Waals surface area contributed by atoms with E-state index in [1.54, 1.807) is 12.3 Å². The maximum atomic E-state index is 11.0. The Morgan fingerprint density at radius 1 is 1.60 bits per heavy atom. The standard InChI is InChI=1S/C9H8N2O2S2/c12-8(13)6-7(15-9(14)11-6)5-3-1-2-4-10-5/h1-4,6-7H,(H,11,14)(H,12,13). The first-order valence-corrected chi connectivity index (χ1v) is 5.58. The maximum Gasteiger partial charge on any atom is 0.327 e. The Morgan fingerprint density at radius 3 is 3.00 bits per heavy atom. The number of thiocarbonyl (C=S) groups is 1. The smallest absolute Gasteiger partial charge is 0.327 e. The largest absolute Gasteiger partial charge is 0.480 e. The van der Waals surface area contributed by atoms with Gasteiger partial charge in [-0.1, -0.05) is 30.0 Å². The third-order valence-electron chi connectivity index (χ3n) is 2.06. The summed E-state index contributed by atoms with van der Waals surface area (Å²) >= 11 is 6.29. The average molecular weight is 240 g/mol. The van der Waals surface area contributed by atoms with Crippen LogP contribution in [-0.4, -0.2) is 26.4 Å². The van der Waals surface area contributed by atoms with Crippen LogP contribution in [0.4, 0.5) is 0 Å². The molecule has 0 amide bonds. The first kappa shape index (κ1) is 10.4. The first-order chi connectivity index (χ1) is 7.18. The number of aliphatic carboxylic acids is 1. The van der Waals surface area contributed by atoms with Gasteiger partial charge in [0.1, 0.15) is 10.4 Å². The minimum absolute atomic E-state index is 0.240. The zero-order valence-corrected chi connectivity index (χ0v) is 9.22. The number of nitrogens with zero attached hydrogens (tertiary/aromatic N) is 1. The van der Waals surface area contributed by atoms with Crippen molar-refractivity contribution in [3.8, 4) is 0 Å². The van der Waals surface area contributed by atoms with E-state index in [1.807, 2.05) is 12.1 Å². The molecule has 1 saturated heterocycles. The van der Waals surface area contributed by atoms with Gasteiger partial charge in [0.05, 0.1) is 10.9 Å². The quantitative estimate of drug-likeness (QED) is 0.757. The highest BCUT2D eigenvalue weighted by Crippen LogP contribution is 2.36. The molecule has 78 valence electrons. The molecule has 15 heavy (non-hydrogen) atoms. The fourth-order valence-electron chi connectivity index (χ4n) is 1.39.